The first-order valence-electron chi connectivity index (χ1n) is 7.91. The Balaban J connectivity index is 1.66. The average molecular weight is 317 g/mol. The second-order valence-corrected chi connectivity index (χ2v) is 6.70. The van der Waals surface area contributed by atoms with Crippen LogP contribution in [0.4, 0.5) is 5.13 Å². The van der Waals surface area contributed by atoms with Crippen molar-refractivity contribution < 1.29 is 5.11 Å². The van der Waals surface area contributed by atoms with E-state index in [9.17, 15) is 5.11 Å². The lowest BCUT2D eigenvalue weighted by Gasteiger charge is -2.18. The number of anilines is 1. The SMILES string of the molecule is CCN(CC)c1ncc(CN[C@H]2c3ccccc3C[C@H]2O)s1. The van der Waals surface area contributed by atoms with Crippen molar-refractivity contribution in [1.29, 1.82) is 0 Å². The van der Waals surface area contributed by atoms with Crippen LogP contribution in [0.25, 0.3) is 0 Å². The third-order valence-corrected chi connectivity index (χ3v) is 5.33. The Morgan fingerprint density at radius 1 is 1.32 bits per heavy atom. The van der Waals surface area contributed by atoms with Crippen molar-refractivity contribution in [2.75, 3.05) is 18.0 Å². The van der Waals surface area contributed by atoms with Crippen molar-refractivity contribution >= 4 is 16.5 Å². The number of nitrogens with zero attached hydrogens (tertiary/aromatic N) is 2. The Labute approximate surface area is 135 Å². The molecule has 0 amide bonds. The standard InChI is InChI=1S/C17H23N3OS/c1-3-20(4-2)17-19-11-13(22-17)10-18-16-14-8-6-5-7-12(14)9-15(16)21/h5-8,11,15-16,18,21H,3-4,9-10H2,1-2H3/t15-,16+/m1/s1. The Morgan fingerprint density at radius 3 is 2.86 bits per heavy atom. The second-order valence-electron chi connectivity index (χ2n) is 5.61. The molecule has 0 fully saturated rings. The van der Waals surface area contributed by atoms with E-state index in [1.807, 2.05) is 18.3 Å². The van der Waals surface area contributed by atoms with Gasteiger partial charge in [-0.2, -0.15) is 0 Å². The maximum absolute atomic E-state index is 10.3. The van der Waals surface area contributed by atoms with Gasteiger partial charge in [-0.15, -0.1) is 11.3 Å². The van der Waals surface area contributed by atoms with Crippen molar-refractivity contribution in [3.63, 3.8) is 0 Å². The highest BCUT2D eigenvalue weighted by molar-refractivity contribution is 7.15. The number of thiazole rings is 1. The molecule has 1 aliphatic carbocycles. The zero-order valence-corrected chi connectivity index (χ0v) is 13.9. The van der Waals surface area contributed by atoms with Crippen LogP contribution in [0.5, 0.6) is 0 Å². The zero-order valence-electron chi connectivity index (χ0n) is 13.1. The fourth-order valence-electron chi connectivity index (χ4n) is 3.05. The van der Waals surface area contributed by atoms with E-state index >= 15 is 0 Å². The lowest BCUT2D eigenvalue weighted by atomic mass is 10.1. The molecular weight excluding hydrogens is 294 g/mol. The van der Waals surface area contributed by atoms with Gasteiger partial charge < -0.3 is 15.3 Å². The minimum atomic E-state index is -0.340. The van der Waals surface area contributed by atoms with E-state index in [2.05, 4.69) is 41.2 Å². The molecule has 0 spiro atoms. The first-order chi connectivity index (χ1) is 10.7. The van der Waals surface area contributed by atoms with Gasteiger partial charge in [0, 0.05) is 37.1 Å². The quantitative estimate of drug-likeness (QED) is 0.860. The van der Waals surface area contributed by atoms with Gasteiger partial charge in [0.2, 0.25) is 0 Å². The topological polar surface area (TPSA) is 48.4 Å². The fourth-order valence-corrected chi connectivity index (χ4v) is 4.04. The summed E-state index contributed by atoms with van der Waals surface area (Å²) in [6, 6.07) is 8.31. The summed E-state index contributed by atoms with van der Waals surface area (Å²) in [6.07, 6.45) is 2.34. The number of rotatable bonds is 6. The maximum Gasteiger partial charge on any atom is 0.185 e. The third-order valence-electron chi connectivity index (χ3n) is 4.28. The van der Waals surface area contributed by atoms with E-state index in [0.717, 1.165) is 31.2 Å². The molecule has 1 aromatic carbocycles. The minimum absolute atomic E-state index is 0.0233. The van der Waals surface area contributed by atoms with Crippen molar-refractivity contribution in [1.82, 2.24) is 10.3 Å². The molecule has 2 N–H and O–H groups in total. The molecule has 1 heterocycles. The largest absolute Gasteiger partial charge is 0.391 e. The van der Waals surface area contributed by atoms with Gasteiger partial charge >= 0.3 is 0 Å². The highest BCUT2D eigenvalue weighted by Gasteiger charge is 2.30. The molecule has 4 nitrogen and oxygen atoms in total. The first kappa shape index (κ1) is 15.5. The number of hydrogen-bond acceptors (Lipinski definition) is 5. The summed E-state index contributed by atoms with van der Waals surface area (Å²) in [5.41, 5.74) is 2.48. The van der Waals surface area contributed by atoms with E-state index < -0.39 is 0 Å². The molecule has 0 aliphatic heterocycles. The summed E-state index contributed by atoms with van der Waals surface area (Å²) in [4.78, 5) is 7.97. The molecule has 22 heavy (non-hydrogen) atoms. The van der Waals surface area contributed by atoms with E-state index in [1.165, 1.54) is 16.0 Å². The van der Waals surface area contributed by atoms with Gasteiger partial charge in [-0.3, -0.25) is 0 Å². The van der Waals surface area contributed by atoms with Gasteiger partial charge in [0.25, 0.3) is 0 Å². The number of aromatic nitrogens is 1. The summed E-state index contributed by atoms with van der Waals surface area (Å²) in [5, 5.41) is 14.8. The van der Waals surface area contributed by atoms with Crippen LogP contribution in [0.2, 0.25) is 0 Å². The fraction of sp³-hybridized carbons (Fsp3) is 0.471. The molecule has 2 aromatic rings. The van der Waals surface area contributed by atoms with Crippen molar-refractivity contribution in [3.05, 3.63) is 46.5 Å². The van der Waals surface area contributed by atoms with Crippen molar-refractivity contribution in [3.8, 4) is 0 Å². The Morgan fingerprint density at radius 2 is 2.09 bits per heavy atom. The van der Waals surface area contributed by atoms with Crippen LogP contribution in [-0.4, -0.2) is 29.3 Å². The minimum Gasteiger partial charge on any atom is -0.391 e. The van der Waals surface area contributed by atoms with E-state index in [0.29, 0.717) is 0 Å². The summed E-state index contributed by atoms with van der Waals surface area (Å²) in [5.74, 6) is 0. The normalized spacial score (nSPS) is 20.1. The molecule has 3 rings (SSSR count). The molecule has 5 heteroatoms. The summed E-state index contributed by atoms with van der Waals surface area (Å²) < 4.78 is 0. The number of nitrogens with one attached hydrogen (secondary N) is 1. The zero-order chi connectivity index (χ0) is 15.5. The van der Waals surface area contributed by atoms with E-state index in [-0.39, 0.29) is 12.1 Å². The summed E-state index contributed by atoms with van der Waals surface area (Å²) in [7, 11) is 0. The molecule has 118 valence electrons. The predicted molar refractivity (Wildman–Crippen MR) is 91.4 cm³/mol. The third kappa shape index (κ3) is 3.02. The predicted octanol–water partition coefficient (Wildman–Crippen LogP) is 2.74. The highest BCUT2D eigenvalue weighted by Crippen LogP contribution is 2.32. The van der Waals surface area contributed by atoms with E-state index in [1.54, 1.807) is 11.3 Å². The van der Waals surface area contributed by atoms with Crippen LogP contribution in [0, 0.1) is 0 Å². The maximum atomic E-state index is 10.3. The molecule has 0 radical (unpaired) electrons. The number of aliphatic hydroxyl groups excluding tert-OH is 1. The monoisotopic (exact) mass is 317 g/mol. The van der Waals surface area contributed by atoms with Crippen LogP contribution in [0.15, 0.2) is 30.5 Å². The highest BCUT2D eigenvalue weighted by atomic mass is 32.1. The molecule has 2 atom stereocenters. The average Bonchev–Trinajstić information content (AvgIpc) is 3.11. The molecular formula is C17H23N3OS. The molecule has 1 aliphatic rings. The Kier molecular flexibility index (Phi) is 4.76. The number of aliphatic hydroxyl groups is 1. The van der Waals surface area contributed by atoms with Gasteiger partial charge in [-0.1, -0.05) is 24.3 Å². The van der Waals surface area contributed by atoms with Gasteiger partial charge in [-0.25, -0.2) is 4.98 Å². The van der Waals surface area contributed by atoms with Crippen LogP contribution in [0.1, 0.15) is 35.9 Å². The Bertz CT molecular complexity index is 624. The van der Waals surface area contributed by atoms with Gasteiger partial charge in [0.05, 0.1) is 12.1 Å². The van der Waals surface area contributed by atoms with Gasteiger partial charge in [-0.05, 0) is 25.0 Å². The molecule has 1 aromatic heterocycles. The summed E-state index contributed by atoms with van der Waals surface area (Å²) in [6.45, 7) is 7.00. The number of benzene rings is 1. The van der Waals surface area contributed by atoms with Crippen LogP contribution >= 0.6 is 11.3 Å². The van der Waals surface area contributed by atoms with Crippen LogP contribution < -0.4 is 10.2 Å². The second kappa shape index (κ2) is 6.77. The summed E-state index contributed by atoms with van der Waals surface area (Å²) >= 11 is 1.73. The number of hydrogen-bond donors (Lipinski definition) is 2. The lowest BCUT2D eigenvalue weighted by Crippen LogP contribution is -2.28. The Hall–Kier alpha value is -1.43. The molecule has 0 saturated carbocycles. The van der Waals surface area contributed by atoms with Crippen LogP contribution in [-0.2, 0) is 13.0 Å². The first-order valence-corrected chi connectivity index (χ1v) is 8.73. The molecule has 0 unspecified atom stereocenters. The van der Waals surface area contributed by atoms with E-state index in [4.69, 9.17) is 0 Å². The van der Waals surface area contributed by atoms with Gasteiger partial charge in [0.1, 0.15) is 0 Å². The molecule has 0 saturated heterocycles. The van der Waals surface area contributed by atoms with Crippen LogP contribution in [0.3, 0.4) is 0 Å². The lowest BCUT2D eigenvalue weighted by molar-refractivity contribution is 0.141. The van der Waals surface area contributed by atoms with Gasteiger partial charge in [0.15, 0.2) is 5.13 Å². The smallest absolute Gasteiger partial charge is 0.185 e. The van der Waals surface area contributed by atoms with Crippen molar-refractivity contribution in [2.45, 2.75) is 39.0 Å². The van der Waals surface area contributed by atoms with Crippen molar-refractivity contribution in [2.24, 2.45) is 0 Å². The molecule has 0 bridgehead atoms. The number of fused-ring (bicyclic) bond motifs is 1.